The van der Waals surface area contributed by atoms with Crippen LogP contribution in [0.5, 0.6) is 11.5 Å². The molecule has 0 radical (unpaired) electrons. The number of ether oxygens (including phenoxy) is 3. The van der Waals surface area contributed by atoms with Gasteiger partial charge in [-0.3, -0.25) is 10.1 Å². The smallest absolute Gasteiger partial charge is 0.363 e. The Hall–Kier alpha value is -3.88. The molecule has 0 amide bonds. The second kappa shape index (κ2) is 9.94. The van der Waals surface area contributed by atoms with Crippen molar-refractivity contribution in [1.82, 2.24) is 0 Å². The highest BCUT2D eigenvalue weighted by Gasteiger charge is 2.26. The Morgan fingerprint density at radius 1 is 1.09 bits per heavy atom. The highest BCUT2D eigenvalue weighted by atomic mass is 35.5. The Bertz CT molecular complexity index is 1350. The van der Waals surface area contributed by atoms with Crippen LogP contribution >= 0.6 is 23.2 Å². The van der Waals surface area contributed by atoms with Crippen molar-refractivity contribution >= 4 is 46.8 Å². The molecule has 0 atom stereocenters. The number of carbonyl (C=O) groups is 1. The number of esters is 1. The first-order chi connectivity index (χ1) is 16.3. The van der Waals surface area contributed by atoms with E-state index in [1.54, 1.807) is 48.5 Å². The number of hydrogen-bond donors (Lipinski definition) is 0. The average molecular weight is 499 g/mol. The van der Waals surface area contributed by atoms with Gasteiger partial charge in [-0.15, -0.1) is 0 Å². The van der Waals surface area contributed by atoms with Gasteiger partial charge in [0.2, 0.25) is 5.90 Å². The maximum Gasteiger partial charge on any atom is 0.363 e. The van der Waals surface area contributed by atoms with Crippen LogP contribution in [0.1, 0.15) is 16.7 Å². The molecule has 1 aliphatic heterocycles. The van der Waals surface area contributed by atoms with Crippen LogP contribution < -0.4 is 9.47 Å². The molecule has 172 valence electrons. The van der Waals surface area contributed by atoms with E-state index in [4.69, 9.17) is 37.4 Å². The summed E-state index contributed by atoms with van der Waals surface area (Å²) in [5.41, 5.74) is 1.79. The number of halogens is 2. The van der Waals surface area contributed by atoms with Crippen molar-refractivity contribution in [1.29, 1.82) is 0 Å². The fourth-order valence-electron chi connectivity index (χ4n) is 3.16. The molecule has 0 saturated heterocycles. The number of nitro groups is 1. The largest absolute Gasteiger partial charge is 0.493 e. The zero-order valence-corrected chi connectivity index (χ0v) is 19.2. The summed E-state index contributed by atoms with van der Waals surface area (Å²) in [6, 6.07) is 16.0. The van der Waals surface area contributed by atoms with Crippen molar-refractivity contribution in [3.8, 4) is 11.5 Å². The zero-order chi connectivity index (χ0) is 24.2. The van der Waals surface area contributed by atoms with Gasteiger partial charge < -0.3 is 14.2 Å². The molecule has 34 heavy (non-hydrogen) atoms. The van der Waals surface area contributed by atoms with Crippen LogP contribution in [0, 0.1) is 10.1 Å². The molecule has 0 fully saturated rings. The Morgan fingerprint density at radius 2 is 1.91 bits per heavy atom. The maximum atomic E-state index is 12.3. The fourth-order valence-corrected chi connectivity index (χ4v) is 3.65. The highest BCUT2D eigenvalue weighted by Crippen LogP contribution is 2.31. The predicted molar refractivity (Wildman–Crippen MR) is 127 cm³/mol. The Balaban J connectivity index is 1.54. The van der Waals surface area contributed by atoms with Gasteiger partial charge in [-0.2, -0.15) is 0 Å². The van der Waals surface area contributed by atoms with E-state index in [1.807, 2.05) is 0 Å². The van der Waals surface area contributed by atoms with Gasteiger partial charge in [-0.25, -0.2) is 9.79 Å². The monoisotopic (exact) mass is 498 g/mol. The Kier molecular flexibility index (Phi) is 6.81. The summed E-state index contributed by atoms with van der Waals surface area (Å²) in [6.45, 7) is 0.111. The minimum Gasteiger partial charge on any atom is -0.493 e. The minimum absolute atomic E-state index is 0.0155. The molecule has 0 aromatic heterocycles. The van der Waals surface area contributed by atoms with Crippen LogP contribution in [-0.4, -0.2) is 23.9 Å². The number of rotatable bonds is 7. The third-order valence-corrected chi connectivity index (χ3v) is 5.34. The third-order valence-electron chi connectivity index (χ3n) is 4.79. The molecule has 0 spiro atoms. The summed E-state index contributed by atoms with van der Waals surface area (Å²) in [4.78, 5) is 27.1. The van der Waals surface area contributed by atoms with E-state index in [1.165, 1.54) is 25.3 Å². The lowest BCUT2D eigenvalue weighted by Crippen LogP contribution is -2.05. The number of carbonyl (C=O) groups excluding carboxylic acids is 1. The number of methoxy groups -OCH3 is 1. The molecule has 0 aliphatic carbocycles. The first kappa shape index (κ1) is 23.3. The number of nitro benzene ring substituents is 1. The second-order valence-electron chi connectivity index (χ2n) is 7.09. The molecule has 4 rings (SSSR count). The van der Waals surface area contributed by atoms with Crippen molar-refractivity contribution in [3.05, 3.63) is 103 Å². The van der Waals surface area contributed by atoms with Crippen LogP contribution in [0.25, 0.3) is 6.08 Å². The molecular formula is C24H16Cl2N2O6. The second-order valence-corrected chi connectivity index (χ2v) is 7.93. The van der Waals surface area contributed by atoms with E-state index in [0.717, 1.165) is 0 Å². The van der Waals surface area contributed by atoms with Crippen molar-refractivity contribution in [2.24, 2.45) is 4.99 Å². The van der Waals surface area contributed by atoms with Crippen LogP contribution in [0.3, 0.4) is 0 Å². The lowest BCUT2D eigenvalue weighted by molar-refractivity contribution is -0.384. The van der Waals surface area contributed by atoms with Crippen LogP contribution in [0.15, 0.2) is 71.4 Å². The van der Waals surface area contributed by atoms with E-state index in [2.05, 4.69) is 4.99 Å². The number of nitrogens with zero attached hydrogens (tertiary/aromatic N) is 2. The van der Waals surface area contributed by atoms with E-state index >= 15 is 0 Å². The molecule has 1 aliphatic rings. The first-order valence-electron chi connectivity index (χ1n) is 9.86. The van der Waals surface area contributed by atoms with Gasteiger partial charge in [0.1, 0.15) is 6.61 Å². The molecule has 3 aromatic rings. The number of hydrogen-bond acceptors (Lipinski definition) is 7. The van der Waals surface area contributed by atoms with Gasteiger partial charge in [0, 0.05) is 17.2 Å². The van der Waals surface area contributed by atoms with Gasteiger partial charge in [-0.05, 0) is 47.5 Å². The van der Waals surface area contributed by atoms with Crippen molar-refractivity contribution < 1.29 is 23.9 Å². The molecule has 0 bridgehead atoms. The van der Waals surface area contributed by atoms with Gasteiger partial charge in [0.15, 0.2) is 17.2 Å². The standard InChI is InChI=1S/C24H16Cl2N2O6/c1-32-22-11-14(5-8-21(22)33-13-15-3-2-4-17(9-15)28(30)31)10-20-24(29)34-23(27-20)18-7-6-16(25)12-19(18)26/h2-12H,13H2,1H3/b20-10-. The van der Waals surface area contributed by atoms with Crippen molar-refractivity contribution in [2.75, 3.05) is 7.11 Å². The maximum absolute atomic E-state index is 12.3. The molecule has 1 heterocycles. The number of cyclic esters (lactones) is 1. The van der Waals surface area contributed by atoms with E-state index < -0.39 is 10.9 Å². The topological polar surface area (TPSA) is 100 Å². The normalized spacial score (nSPS) is 14.0. The molecule has 0 unspecified atom stereocenters. The van der Waals surface area contributed by atoms with E-state index in [0.29, 0.717) is 38.2 Å². The molecule has 0 saturated carbocycles. The van der Waals surface area contributed by atoms with Crippen LogP contribution in [0.2, 0.25) is 10.0 Å². The number of non-ortho nitro benzene ring substituents is 1. The minimum atomic E-state index is -0.619. The summed E-state index contributed by atoms with van der Waals surface area (Å²) >= 11 is 12.1. The van der Waals surface area contributed by atoms with Gasteiger partial charge in [-0.1, -0.05) is 41.4 Å². The molecule has 10 heteroatoms. The average Bonchev–Trinajstić information content (AvgIpc) is 3.17. The van der Waals surface area contributed by atoms with Gasteiger partial charge in [0.05, 0.1) is 22.6 Å². The molecule has 3 aromatic carbocycles. The Labute approximate surface area is 204 Å². The summed E-state index contributed by atoms with van der Waals surface area (Å²) in [5, 5.41) is 11.7. The lowest BCUT2D eigenvalue weighted by atomic mass is 10.1. The molecule has 8 nitrogen and oxygen atoms in total. The lowest BCUT2D eigenvalue weighted by Gasteiger charge is -2.11. The summed E-state index contributed by atoms with van der Waals surface area (Å²) in [7, 11) is 1.48. The highest BCUT2D eigenvalue weighted by molar-refractivity contribution is 6.37. The van der Waals surface area contributed by atoms with E-state index in [9.17, 15) is 14.9 Å². The third kappa shape index (κ3) is 5.19. The van der Waals surface area contributed by atoms with Crippen LogP contribution in [-0.2, 0) is 16.1 Å². The Morgan fingerprint density at radius 3 is 2.65 bits per heavy atom. The summed E-state index contributed by atoms with van der Waals surface area (Å²) in [5.74, 6) is 0.311. The molecular weight excluding hydrogens is 483 g/mol. The first-order valence-corrected chi connectivity index (χ1v) is 10.6. The van der Waals surface area contributed by atoms with Crippen molar-refractivity contribution in [2.45, 2.75) is 6.61 Å². The van der Waals surface area contributed by atoms with Gasteiger partial charge in [0.25, 0.3) is 5.69 Å². The summed E-state index contributed by atoms with van der Waals surface area (Å²) in [6.07, 6.45) is 1.55. The zero-order valence-electron chi connectivity index (χ0n) is 17.7. The van der Waals surface area contributed by atoms with Gasteiger partial charge >= 0.3 is 5.97 Å². The van der Waals surface area contributed by atoms with Crippen molar-refractivity contribution in [3.63, 3.8) is 0 Å². The predicted octanol–water partition coefficient (Wildman–Crippen LogP) is 5.83. The number of aliphatic imine (C=N–C) groups is 1. The fraction of sp³-hybridized carbons (Fsp3) is 0.0833. The quantitative estimate of drug-likeness (QED) is 0.175. The van der Waals surface area contributed by atoms with E-state index in [-0.39, 0.29) is 23.9 Å². The van der Waals surface area contributed by atoms with Crippen LogP contribution in [0.4, 0.5) is 5.69 Å². The SMILES string of the molecule is COc1cc(/C=C2\N=C(c3ccc(Cl)cc3Cl)OC2=O)ccc1OCc1cccc([N+](=O)[O-])c1. The number of benzene rings is 3. The summed E-state index contributed by atoms with van der Waals surface area (Å²) < 4.78 is 16.4. The molecule has 0 N–H and O–H groups in total.